The van der Waals surface area contributed by atoms with Crippen LogP contribution in [0.4, 0.5) is 8.78 Å². The molecule has 5 rings (SSSR count). The van der Waals surface area contributed by atoms with Gasteiger partial charge in [-0.15, -0.1) is 0 Å². The summed E-state index contributed by atoms with van der Waals surface area (Å²) in [5.74, 6) is 0.0683. The van der Waals surface area contributed by atoms with Crippen LogP contribution in [0, 0.1) is 23.2 Å². The predicted octanol–water partition coefficient (Wildman–Crippen LogP) is 3.35. The zero-order valence-corrected chi connectivity index (χ0v) is 16.6. The lowest BCUT2D eigenvalue weighted by Crippen LogP contribution is -2.51. The molecule has 1 N–H and O–H groups in total. The van der Waals surface area contributed by atoms with Gasteiger partial charge in [0.1, 0.15) is 12.3 Å². The number of halogens is 2. The van der Waals surface area contributed by atoms with Crippen LogP contribution in [0.3, 0.4) is 0 Å². The Kier molecular flexibility index (Phi) is 5.75. The van der Waals surface area contributed by atoms with E-state index in [9.17, 15) is 23.2 Å². The van der Waals surface area contributed by atoms with Crippen molar-refractivity contribution in [1.82, 2.24) is 5.32 Å². The molecular weight excluding hydrogens is 396 g/mol. The summed E-state index contributed by atoms with van der Waals surface area (Å²) < 4.78 is 34.4. The number of benzene rings is 1. The first-order valence-electron chi connectivity index (χ1n) is 10.4. The van der Waals surface area contributed by atoms with E-state index in [0.29, 0.717) is 17.8 Å². The Bertz CT molecular complexity index is 805. The SMILES string of the molecule is O=C(CNC(=O)c1ccccc1OC(F)F)OCC(=O)C12CC3CC(CC(C3)C1)C2. The highest BCUT2D eigenvalue weighted by molar-refractivity contribution is 5.98. The zero-order valence-electron chi connectivity index (χ0n) is 16.6. The lowest BCUT2D eigenvalue weighted by Gasteiger charge is -2.55. The van der Waals surface area contributed by atoms with Crippen LogP contribution in [0.1, 0.15) is 48.9 Å². The molecular formula is C22H25F2NO5. The number of rotatable bonds is 8. The van der Waals surface area contributed by atoms with Crippen LogP contribution in [0.15, 0.2) is 24.3 Å². The third-order valence-electron chi connectivity index (χ3n) is 6.74. The zero-order chi connectivity index (χ0) is 21.3. The van der Waals surface area contributed by atoms with Gasteiger partial charge >= 0.3 is 12.6 Å². The minimum absolute atomic E-state index is 0.0167. The molecule has 0 saturated heterocycles. The van der Waals surface area contributed by atoms with Crippen molar-refractivity contribution < 1.29 is 32.6 Å². The van der Waals surface area contributed by atoms with Crippen LogP contribution in [0.25, 0.3) is 0 Å². The van der Waals surface area contributed by atoms with E-state index in [1.165, 1.54) is 43.5 Å². The maximum Gasteiger partial charge on any atom is 0.387 e. The fourth-order valence-corrected chi connectivity index (χ4v) is 5.90. The van der Waals surface area contributed by atoms with Crippen molar-refractivity contribution in [2.75, 3.05) is 13.2 Å². The van der Waals surface area contributed by atoms with Gasteiger partial charge in [0, 0.05) is 5.41 Å². The Morgan fingerprint density at radius 1 is 1.03 bits per heavy atom. The van der Waals surface area contributed by atoms with Crippen molar-refractivity contribution in [2.45, 2.75) is 45.1 Å². The van der Waals surface area contributed by atoms with Crippen molar-refractivity contribution in [3.05, 3.63) is 29.8 Å². The predicted molar refractivity (Wildman–Crippen MR) is 102 cm³/mol. The molecule has 1 aromatic rings. The Morgan fingerprint density at radius 3 is 2.23 bits per heavy atom. The molecule has 0 unspecified atom stereocenters. The minimum atomic E-state index is -3.07. The number of esters is 1. The Balaban J connectivity index is 1.27. The molecule has 0 aromatic heterocycles. The normalized spacial score (nSPS) is 29.0. The number of hydrogen-bond acceptors (Lipinski definition) is 5. The summed E-state index contributed by atoms with van der Waals surface area (Å²) in [4.78, 5) is 37.1. The second-order valence-corrected chi connectivity index (χ2v) is 8.84. The molecule has 0 aliphatic heterocycles. The van der Waals surface area contributed by atoms with E-state index in [1.807, 2.05) is 0 Å². The molecule has 6 nitrogen and oxygen atoms in total. The lowest BCUT2D eigenvalue weighted by atomic mass is 9.48. The van der Waals surface area contributed by atoms with E-state index < -0.39 is 25.0 Å². The first-order chi connectivity index (χ1) is 14.3. The topological polar surface area (TPSA) is 81.7 Å². The summed E-state index contributed by atoms with van der Waals surface area (Å²) in [5, 5.41) is 2.32. The first-order valence-corrected chi connectivity index (χ1v) is 10.4. The van der Waals surface area contributed by atoms with Crippen molar-refractivity contribution in [1.29, 1.82) is 0 Å². The van der Waals surface area contributed by atoms with E-state index in [1.54, 1.807) is 0 Å². The number of ketones is 1. The molecule has 4 aliphatic rings. The Labute approximate surface area is 173 Å². The highest BCUT2D eigenvalue weighted by atomic mass is 19.3. The molecule has 8 heteroatoms. The molecule has 30 heavy (non-hydrogen) atoms. The van der Waals surface area contributed by atoms with Gasteiger partial charge in [0.25, 0.3) is 5.91 Å². The fraction of sp³-hybridized carbons (Fsp3) is 0.591. The van der Waals surface area contributed by atoms with Gasteiger partial charge in [-0.2, -0.15) is 8.78 Å². The van der Waals surface area contributed by atoms with Crippen LogP contribution in [0.5, 0.6) is 5.75 Å². The third kappa shape index (κ3) is 4.32. The Hall–Kier alpha value is -2.51. The summed E-state index contributed by atoms with van der Waals surface area (Å²) in [6.45, 7) is -3.82. The van der Waals surface area contributed by atoms with E-state index in [-0.39, 0.29) is 29.1 Å². The van der Waals surface area contributed by atoms with Crippen LogP contribution in [-0.4, -0.2) is 37.4 Å². The highest BCUT2D eigenvalue weighted by Gasteiger charge is 2.54. The second kappa shape index (κ2) is 8.32. The maximum absolute atomic E-state index is 12.9. The molecule has 0 radical (unpaired) electrons. The van der Waals surface area contributed by atoms with E-state index >= 15 is 0 Å². The van der Waals surface area contributed by atoms with Gasteiger partial charge in [0.15, 0.2) is 12.4 Å². The standard InChI is InChI=1S/C22H25F2NO5/c23-21(24)30-17-4-2-1-3-16(17)20(28)25-11-19(27)29-12-18(26)22-8-13-5-14(9-22)7-15(6-13)10-22/h1-4,13-15,21H,5-12H2,(H,25,28). The third-order valence-corrected chi connectivity index (χ3v) is 6.74. The highest BCUT2D eigenvalue weighted by Crippen LogP contribution is 2.60. The van der Waals surface area contributed by atoms with E-state index in [4.69, 9.17) is 4.74 Å². The Morgan fingerprint density at radius 2 is 1.63 bits per heavy atom. The fourth-order valence-electron chi connectivity index (χ4n) is 5.90. The first kappa shape index (κ1) is 20.8. The molecule has 0 spiro atoms. The van der Waals surface area contributed by atoms with Gasteiger partial charge < -0.3 is 14.8 Å². The summed E-state index contributed by atoms with van der Waals surface area (Å²) in [6, 6.07) is 5.51. The minimum Gasteiger partial charge on any atom is -0.456 e. The molecule has 4 aliphatic carbocycles. The van der Waals surface area contributed by atoms with E-state index in [2.05, 4.69) is 10.1 Å². The number of carbonyl (C=O) groups excluding carboxylic acids is 3. The number of alkyl halides is 2. The van der Waals surface area contributed by atoms with Crippen LogP contribution < -0.4 is 10.1 Å². The number of nitrogens with one attached hydrogen (secondary N) is 1. The number of hydrogen-bond donors (Lipinski definition) is 1. The van der Waals surface area contributed by atoms with Gasteiger partial charge in [0.2, 0.25) is 0 Å². The monoisotopic (exact) mass is 421 g/mol. The summed E-state index contributed by atoms with van der Waals surface area (Å²) in [7, 11) is 0. The molecule has 1 amide bonds. The number of carbonyl (C=O) groups is 3. The summed E-state index contributed by atoms with van der Waals surface area (Å²) in [6.07, 6.45) is 6.34. The molecule has 0 atom stereocenters. The molecule has 4 fully saturated rings. The van der Waals surface area contributed by atoms with Crippen LogP contribution in [-0.2, 0) is 14.3 Å². The lowest BCUT2D eigenvalue weighted by molar-refractivity contribution is -0.157. The smallest absolute Gasteiger partial charge is 0.387 e. The number of para-hydroxylation sites is 1. The van der Waals surface area contributed by atoms with Gasteiger partial charge in [-0.25, -0.2) is 0 Å². The largest absolute Gasteiger partial charge is 0.456 e. The maximum atomic E-state index is 12.9. The molecule has 0 heterocycles. The molecule has 4 bridgehead atoms. The summed E-state index contributed by atoms with van der Waals surface area (Å²) >= 11 is 0. The van der Waals surface area contributed by atoms with Crippen molar-refractivity contribution in [2.24, 2.45) is 23.2 Å². The second-order valence-electron chi connectivity index (χ2n) is 8.84. The van der Waals surface area contributed by atoms with Gasteiger partial charge in [0.05, 0.1) is 5.56 Å². The quantitative estimate of drug-likeness (QED) is 0.651. The summed E-state index contributed by atoms with van der Waals surface area (Å²) in [5.41, 5.74) is -0.459. The van der Waals surface area contributed by atoms with Gasteiger partial charge in [-0.3, -0.25) is 14.4 Å². The van der Waals surface area contributed by atoms with Crippen molar-refractivity contribution >= 4 is 17.7 Å². The van der Waals surface area contributed by atoms with Crippen molar-refractivity contribution in [3.8, 4) is 5.75 Å². The van der Waals surface area contributed by atoms with Crippen molar-refractivity contribution in [3.63, 3.8) is 0 Å². The van der Waals surface area contributed by atoms with Gasteiger partial charge in [-0.05, 0) is 68.4 Å². The molecule has 1 aromatic carbocycles. The molecule has 4 saturated carbocycles. The van der Waals surface area contributed by atoms with Gasteiger partial charge in [-0.1, -0.05) is 12.1 Å². The number of amides is 1. The van der Waals surface area contributed by atoms with Crippen LogP contribution in [0.2, 0.25) is 0 Å². The number of Topliss-reactive ketones (excluding diaryl/α,β-unsaturated/α-hetero) is 1. The van der Waals surface area contributed by atoms with E-state index in [0.717, 1.165) is 19.3 Å². The average Bonchev–Trinajstić information content (AvgIpc) is 2.69. The number of ether oxygens (including phenoxy) is 2. The average molecular weight is 421 g/mol. The van der Waals surface area contributed by atoms with Crippen LogP contribution >= 0.6 is 0 Å². The molecule has 162 valence electrons.